The number of carbonyl (C=O) groups excluding carboxylic acids is 3. The van der Waals surface area contributed by atoms with Crippen LogP contribution >= 0.6 is 0 Å². The second-order valence-corrected chi connectivity index (χ2v) is 8.12. The van der Waals surface area contributed by atoms with E-state index in [0.717, 1.165) is 11.1 Å². The van der Waals surface area contributed by atoms with Gasteiger partial charge >= 0.3 is 5.97 Å². The van der Waals surface area contributed by atoms with Gasteiger partial charge in [-0.25, -0.2) is 9.48 Å². The molecule has 0 saturated carbocycles. The lowest BCUT2D eigenvalue weighted by atomic mass is 10.0. The maximum atomic E-state index is 12.5. The van der Waals surface area contributed by atoms with Gasteiger partial charge in [-0.2, -0.15) is 5.10 Å². The number of methoxy groups -OCH3 is 1. The third-order valence-electron chi connectivity index (χ3n) is 5.77. The number of carbonyl (C=O) groups is 3. The zero-order valence-corrected chi connectivity index (χ0v) is 19.8. The summed E-state index contributed by atoms with van der Waals surface area (Å²) in [5.74, 6) is -1.26. The Hall–Kier alpha value is -4.92. The maximum Gasteiger partial charge on any atom is 0.337 e. The van der Waals surface area contributed by atoms with E-state index >= 15 is 0 Å². The van der Waals surface area contributed by atoms with Crippen LogP contribution in [0.15, 0.2) is 72.8 Å². The average molecular weight is 484 g/mol. The zero-order valence-electron chi connectivity index (χ0n) is 19.8. The number of nitrogens with two attached hydrogens (primary N) is 2. The molecule has 0 atom stereocenters. The summed E-state index contributed by atoms with van der Waals surface area (Å²) >= 11 is 0. The molecule has 4 aromatic rings. The van der Waals surface area contributed by atoms with Gasteiger partial charge in [-0.05, 0) is 48.4 Å². The van der Waals surface area contributed by atoms with Crippen molar-refractivity contribution in [1.82, 2.24) is 15.1 Å². The fraction of sp³-hybridized carbons (Fsp3) is 0.111. The largest absolute Gasteiger partial charge is 0.465 e. The summed E-state index contributed by atoms with van der Waals surface area (Å²) in [5, 5.41) is 7.43. The van der Waals surface area contributed by atoms with Crippen LogP contribution in [0.4, 0.5) is 5.82 Å². The van der Waals surface area contributed by atoms with E-state index in [-0.39, 0.29) is 17.3 Å². The van der Waals surface area contributed by atoms with Crippen LogP contribution in [0.3, 0.4) is 0 Å². The summed E-state index contributed by atoms with van der Waals surface area (Å²) in [6.45, 7) is 2.22. The third kappa shape index (κ3) is 4.80. The fourth-order valence-electron chi connectivity index (χ4n) is 3.82. The van der Waals surface area contributed by atoms with Gasteiger partial charge in [0.15, 0.2) is 0 Å². The highest BCUT2D eigenvalue weighted by atomic mass is 16.5. The van der Waals surface area contributed by atoms with Crippen LogP contribution in [0, 0.1) is 6.92 Å². The molecule has 9 heteroatoms. The monoisotopic (exact) mass is 483 g/mol. The van der Waals surface area contributed by atoms with Gasteiger partial charge in [0, 0.05) is 17.7 Å². The highest BCUT2D eigenvalue weighted by Crippen LogP contribution is 2.29. The van der Waals surface area contributed by atoms with Gasteiger partial charge in [-0.1, -0.05) is 42.5 Å². The van der Waals surface area contributed by atoms with Crippen LogP contribution in [0.25, 0.3) is 16.9 Å². The van der Waals surface area contributed by atoms with Crippen molar-refractivity contribution in [3.63, 3.8) is 0 Å². The minimum absolute atomic E-state index is 0.0814. The van der Waals surface area contributed by atoms with Crippen LogP contribution in [0.5, 0.6) is 0 Å². The number of aryl methyl sites for hydroxylation is 1. The standard InChI is InChI=1S/C27H25N5O4/c1-16-5-3-4-6-21(16)26(34)30-15-17-7-9-18(10-8-17)23-22(25(29)33)24(28)32(31-23)20-13-11-19(12-14-20)27(35)36-2/h3-14H,15,28H2,1-2H3,(H2,29,33)(H,30,34). The lowest BCUT2D eigenvalue weighted by Gasteiger charge is -2.08. The summed E-state index contributed by atoms with van der Waals surface area (Å²) in [6, 6.07) is 21.1. The molecule has 0 aliphatic rings. The van der Waals surface area contributed by atoms with Crippen molar-refractivity contribution in [2.75, 3.05) is 12.8 Å². The van der Waals surface area contributed by atoms with E-state index in [2.05, 4.69) is 10.4 Å². The molecular formula is C27H25N5O4. The minimum atomic E-state index is -0.713. The van der Waals surface area contributed by atoms with E-state index in [1.54, 1.807) is 42.5 Å². The molecule has 0 aliphatic carbocycles. The summed E-state index contributed by atoms with van der Waals surface area (Å²) < 4.78 is 6.11. The number of rotatable bonds is 7. The van der Waals surface area contributed by atoms with Crippen LogP contribution in [0.2, 0.25) is 0 Å². The Bertz CT molecular complexity index is 1440. The number of aromatic nitrogens is 2. The quantitative estimate of drug-likeness (QED) is 0.345. The van der Waals surface area contributed by atoms with E-state index in [9.17, 15) is 14.4 Å². The van der Waals surface area contributed by atoms with Gasteiger partial charge < -0.3 is 21.5 Å². The first-order chi connectivity index (χ1) is 17.3. The average Bonchev–Trinajstić information content (AvgIpc) is 3.24. The Morgan fingerprint density at radius 2 is 1.64 bits per heavy atom. The predicted molar refractivity (Wildman–Crippen MR) is 136 cm³/mol. The Balaban J connectivity index is 1.57. The number of ether oxygens (including phenoxy) is 1. The van der Waals surface area contributed by atoms with E-state index in [0.29, 0.717) is 34.6 Å². The normalized spacial score (nSPS) is 10.6. The Morgan fingerprint density at radius 1 is 0.972 bits per heavy atom. The Morgan fingerprint density at radius 3 is 2.25 bits per heavy atom. The van der Waals surface area contributed by atoms with E-state index in [1.807, 2.05) is 37.3 Å². The summed E-state index contributed by atoms with van der Waals surface area (Å²) in [7, 11) is 1.30. The van der Waals surface area contributed by atoms with Gasteiger partial charge in [0.2, 0.25) is 0 Å². The lowest BCUT2D eigenvalue weighted by molar-refractivity contribution is 0.0600. The van der Waals surface area contributed by atoms with Crippen LogP contribution in [-0.4, -0.2) is 34.7 Å². The number of hydrogen-bond donors (Lipinski definition) is 3. The molecular weight excluding hydrogens is 458 g/mol. The first-order valence-corrected chi connectivity index (χ1v) is 11.1. The highest BCUT2D eigenvalue weighted by molar-refractivity contribution is 6.03. The van der Waals surface area contributed by atoms with Crippen molar-refractivity contribution < 1.29 is 19.1 Å². The van der Waals surface area contributed by atoms with Crippen LogP contribution < -0.4 is 16.8 Å². The van der Waals surface area contributed by atoms with Crippen molar-refractivity contribution in [3.05, 3.63) is 101 Å². The van der Waals surface area contributed by atoms with E-state index in [4.69, 9.17) is 16.2 Å². The first kappa shape index (κ1) is 24.2. The van der Waals surface area contributed by atoms with Gasteiger partial charge in [0.1, 0.15) is 17.1 Å². The fourth-order valence-corrected chi connectivity index (χ4v) is 3.82. The summed E-state index contributed by atoms with van der Waals surface area (Å²) in [6.07, 6.45) is 0. The number of nitrogens with zero attached hydrogens (tertiary/aromatic N) is 2. The first-order valence-electron chi connectivity index (χ1n) is 11.1. The molecule has 1 aromatic heterocycles. The summed E-state index contributed by atoms with van der Waals surface area (Å²) in [5.41, 5.74) is 16.2. The number of nitrogens with one attached hydrogen (secondary N) is 1. The van der Waals surface area contributed by atoms with Crippen LogP contribution in [-0.2, 0) is 11.3 Å². The van der Waals surface area contributed by atoms with Gasteiger partial charge in [-0.3, -0.25) is 9.59 Å². The number of primary amides is 1. The number of hydrogen-bond acceptors (Lipinski definition) is 6. The van der Waals surface area contributed by atoms with Crippen molar-refractivity contribution in [2.24, 2.45) is 5.73 Å². The van der Waals surface area contributed by atoms with Crippen molar-refractivity contribution in [1.29, 1.82) is 0 Å². The molecule has 1 heterocycles. The molecule has 36 heavy (non-hydrogen) atoms. The molecule has 4 rings (SSSR count). The molecule has 9 nitrogen and oxygen atoms in total. The van der Waals surface area contributed by atoms with Crippen molar-refractivity contribution in [3.8, 4) is 16.9 Å². The summed E-state index contributed by atoms with van der Waals surface area (Å²) in [4.78, 5) is 36.4. The molecule has 5 N–H and O–H groups in total. The topological polar surface area (TPSA) is 142 Å². The third-order valence-corrected chi connectivity index (χ3v) is 5.77. The molecule has 3 aromatic carbocycles. The molecule has 0 saturated heterocycles. The van der Waals surface area contributed by atoms with E-state index < -0.39 is 11.9 Å². The Kier molecular flexibility index (Phi) is 6.82. The van der Waals surface area contributed by atoms with E-state index in [1.165, 1.54) is 11.8 Å². The van der Waals surface area contributed by atoms with Crippen LogP contribution in [0.1, 0.15) is 42.2 Å². The smallest absolute Gasteiger partial charge is 0.337 e. The maximum absolute atomic E-state index is 12.5. The molecule has 0 aliphatic heterocycles. The number of nitrogen functional groups attached to an aromatic ring is 1. The molecule has 0 radical (unpaired) electrons. The zero-order chi connectivity index (χ0) is 25.8. The van der Waals surface area contributed by atoms with Gasteiger partial charge in [-0.15, -0.1) is 0 Å². The number of amides is 2. The number of anilines is 1. The Labute approximate surface area is 207 Å². The van der Waals surface area contributed by atoms with Gasteiger partial charge in [0.25, 0.3) is 11.8 Å². The lowest BCUT2D eigenvalue weighted by Crippen LogP contribution is -2.23. The molecule has 0 unspecified atom stereocenters. The molecule has 0 fully saturated rings. The number of esters is 1. The minimum Gasteiger partial charge on any atom is -0.465 e. The van der Waals surface area contributed by atoms with Crippen molar-refractivity contribution >= 4 is 23.6 Å². The van der Waals surface area contributed by atoms with Crippen molar-refractivity contribution in [2.45, 2.75) is 13.5 Å². The molecule has 0 bridgehead atoms. The van der Waals surface area contributed by atoms with Gasteiger partial charge in [0.05, 0.1) is 18.4 Å². The number of benzene rings is 3. The second kappa shape index (κ2) is 10.1. The molecule has 182 valence electrons. The molecule has 2 amide bonds. The highest BCUT2D eigenvalue weighted by Gasteiger charge is 2.22. The second-order valence-electron chi connectivity index (χ2n) is 8.12. The SMILES string of the molecule is COC(=O)c1ccc(-n2nc(-c3ccc(CNC(=O)c4ccccc4C)cc3)c(C(N)=O)c2N)cc1. The molecule has 0 spiro atoms. The predicted octanol–water partition coefficient (Wildman–Crippen LogP) is 3.25.